The maximum absolute atomic E-state index is 9.00. The van der Waals surface area contributed by atoms with Gasteiger partial charge in [-0.1, -0.05) is 26.1 Å². The second-order valence-corrected chi connectivity index (χ2v) is 4.48. The van der Waals surface area contributed by atoms with Gasteiger partial charge < -0.3 is 15.7 Å². The number of aliphatic hydroxyl groups is 1. The fraction of sp³-hybridized carbons (Fsp3) is 0.583. The number of likely N-dealkylation sites (N-methyl/N-ethyl adjacent to an activating group) is 1. The average Bonchev–Trinajstić information content (AvgIpc) is 2.36. The van der Waals surface area contributed by atoms with Gasteiger partial charge in [-0.25, -0.2) is 0 Å². The number of hydrogen-bond donors (Lipinski definition) is 2. The van der Waals surface area contributed by atoms with Crippen molar-refractivity contribution in [1.82, 2.24) is 10.2 Å². The van der Waals surface area contributed by atoms with Crippen LogP contribution in [0.25, 0.3) is 0 Å². The molecule has 0 atom stereocenters. The van der Waals surface area contributed by atoms with E-state index >= 15 is 0 Å². The third kappa shape index (κ3) is 2.94. The molecule has 5 nitrogen and oxygen atoms in total. The SMILES string of the molecule is CCc1nnc(N(C)CCO)c(C(N)=S)c1CC. The highest BCUT2D eigenvalue weighted by Crippen LogP contribution is 2.23. The van der Waals surface area contributed by atoms with Crippen LogP contribution in [0.4, 0.5) is 5.82 Å². The van der Waals surface area contributed by atoms with Gasteiger partial charge in [-0.3, -0.25) is 0 Å². The van der Waals surface area contributed by atoms with Crippen LogP contribution in [0.3, 0.4) is 0 Å². The third-order valence-electron chi connectivity index (χ3n) is 2.87. The van der Waals surface area contributed by atoms with E-state index in [0.717, 1.165) is 29.7 Å². The standard InChI is InChI=1S/C12H20N4OS/c1-4-8-9(5-2)14-15-12(10(8)11(13)18)16(3)6-7-17/h17H,4-7H2,1-3H3,(H2,13,18). The van der Waals surface area contributed by atoms with Gasteiger partial charge in [0, 0.05) is 13.6 Å². The number of thiocarbonyl (C=S) groups is 1. The summed E-state index contributed by atoms with van der Waals surface area (Å²) in [7, 11) is 1.84. The van der Waals surface area contributed by atoms with E-state index in [9.17, 15) is 0 Å². The molecular weight excluding hydrogens is 248 g/mol. The van der Waals surface area contributed by atoms with Gasteiger partial charge in [-0.15, -0.1) is 5.10 Å². The number of aromatic nitrogens is 2. The Bertz CT molecular complexity index is 436. The fourth-order valence-electron chi connectivity index (χ4n) is 1.94. The summed E-state index contributed by atoms with van der Waals surface area (Å²) >= 11 is 5.14. The molecule has 1 heterocycles. The Morgan fingerprint density at radius 3 is 2.44 bits per heavy atom. The number of hydrogen-bond acceptors (Lipinski definition) is 5. The van der Waals surface area contributed by atoms with Crippen LogP contribution < -0.4 is 10.6 Å². The highest BCUT2D eigenvalue weighted by Gasteiger charge is 2.18. The van der Waals surface area contributed by atoms with Crippen molar-refractivity contribution in [3.05, 3.63) is 16.8 Å². The van der Waals surface area contributed by atoms with Gasteiger partial charge in [0.2, 0.25) is 0 Å². The molecule has 0 aliphatic carbocycles. The Hall–Kier alpha value is -1.27. The predicted molar refractivity (Wildman–Crippen MR) is 77.0 cm³/mol. The van der Waals surface area contributed by atoms with Crippen molar-refractivity contribution < 1.29 is 5.11 Å². The highest BCUT2D eigenvalue weighted by atomic mass is 32.1. The van der Waals surface area contributed by atoms with E-state index in [0.29, 0.717) is 17.4 Å². The maximum atomic E-state index is 9.00. The zero-order valence-electron chi connectivity index (χ0n) is 11.1. The molecule has 0 aliphatic rings. The third-order valence-corrected chi connectivity index (χ3v) is 3.08. The molecule has 3 N–H and O–H groups in total. The zero-order chi connectivity index (χ0) is 13.7. The Morgan fingerprint density at radius 1 is 1.33 bits per heavy atom. The van der Waals surface area contributed by atoms with Crippen LogP contribution in [0.5, 0.6) is 0 Å². The van der Waals surface area contributed by atoms with Crippen molar-refractivity contribution in [3.63, 3.8) is 0 Å². The number of anilines is 1. The molecule has 0 bridgehead atoms. The maximum Gasteiger partial charge on any atom is 0.161 e. The van der Waals surface area contributed by atoms with Crippen LogP contribution in [0, 0.1) is 0 Å². The first-order valence-electron chi connectivity index (χ1n) is 6.06. The van der Waals surface area contributed by atoms with Crippen molar-refractivity contribution in [3.8, 4) is 0 Å². The molecule has 0 aliphatic heterocycles. The van der Waals surface area contributed by atoms with E-state index in [4.69, 9.17) is 23.1 Å². The first-order valence-corrected chi connectivity index (χ1v) is 6.47. The van der Waals surface area contributed by atoms with E-state index in [-0.39, 0.29) is 6.61 Å². The smallest absolute Gasteiger partial charge is 0.161 e. The lowest BCUT2D eigenvalue weighted by Gasteiger charge is -2.22. The largest absolute Gasteiger partial charge is 0.395 e. The van der Waals surface area contributed by atoms with E-state index in [1.807, 2.05) is 25.8 Å². The molecule has 1 aromatic heterocycles. The lowest BCUT2D eigenvalue weighted by atomic mass is 10.0. The predicted octanol–water partition coefficient (Wildman–Crippen LogP) is 0.664. The zero-order valence-corrected chi connectivity index (χ0v) is 11.9. The van der Waals surface area contributed by atoms with E-state index < -0.39 is 0 Å². The number of aliphatic hydroxyl groups excluding tert-OH is 1. The Balaban J connectivity index is 3.39. The lowest BCUT2D eigenvalue weighted by Crippen LogP contribution is -2.28. The second-order valence-electron chi connectivity index (χ2n) is 4.04. The quantitative estimate of drug-likeness (QED) is 0.738. The summed E-state index contributed by atoms with van der Waals surface area (Å²) in [6.45, 7) is 4.60. The molecule has 1 rings (SSSR count). The van der Waals surface area contributed by atoms with E-state index in [1.54, 1.807) is 0 Å². The van der Waals surface area contributed by atoms with Gasteiger partial charge in [-0.05, 0) is 18.4 Å². The van der Waals surface area contributed by atoms with Crippen LogP contribution in [0.2, 0.25) is 0 Å². The van der Waals surface area contributed by atoms with Crippen LogP contribution in [-0.2, 0) is 12.8 Å². The summed E-state index contributed by atoms with van der Waals surface area (Å²) in [4.78, 5) is 2.15. The van der Waals surface area contributed by atoms with E-state index in [2.05, 4.69) is 10.2 Å². The van der Waals surface area contributed by atoms with Gasteiger partial charge in [0.05, 0.1) is 17.9 Å². The highest BCUT2D eigenvalue weighted by molar-refractivity contribution is 7.80. The molecule has 0 fully saturated rings. The summed E-state index contributed by atoms with van der Waals surface area (Å²) in [5.74, 6) is 0.644. The molecule has 100 valence electrons. The summed E-state index contributed by atoms with van der Waals surface area (Å²) in [5.41, 5.74) is 8.60. The Labute approximate surface area is 113 Å². The van der Waals surface area contributed by atoms with Crippen molar-refractivity contribution >= 4 is 23.0 Å². The summed E-state index contributed by atoms with van der Waals surface area (Å²) < 4.78 is 0. The number of nitrogens with two attached hydrogens (primary N) is 1. The molecule has 0 spiro atoms. The number of rotatable bonds is 6. The Kier molecular flexibility index (Phi) is 5.43. The first kappa shape index (κ1) is 14.8. The lowest BCUT2D eigenvalue weighted by molar-refractivity contribution is 0.303. The minimum Gasteiger partial charge on any atom is -0.395 e. The van der Waals surface area contributed by atoms with Gasteiger partial charge >= 0.3 is 0 Å². The first-order chi connectivity index (χ1) is 8.56. The minimum atomic E-state index is 0.0476. The molecule has 0 saturated carbocycles. The minimum absolute atomic E-state index is 0.0476. The molecule has 0 amide bonds. The molecular formula is C12H20N4OS. The summed E-state index contributed by atoms with van der Waals surface area (Å²) in [6.07, 6.45) is 1.61. The molecule has 0 saturated heterocycles. The Morgan fingerprint density at radius 2 is 2.00 bits per heavy atom. The number of aryl methyl sites for hydroxylation is 1. The van der Waals surface area contributed by atoms with Gasteiger partial charge in [0.1, 0.15) is 4.99 Å². The van der Waals surface area contributed by atoms with Crippen LogP contribution in [0.15, 0.2) is 0 Å². The van der Waals surface area contributed by atoms with Crippen molar-refractivity contribution in [1.29, 1.82) is 0 Å². The van der Waals surface area contributed by atoms with Gasteiger partial charge in [0.15, 0.2) is 5.82 Å². The topological polar surface area (TPSA) is 75.3 Å². The van der Waals surface area contributed by atoms with Crippen LogP contribution in [-0.4, -0.2) is 40.5 Å². The van der Waals surface area contributed by atoms with Gasteiger partial charge in [-0.2, -0.15) is 5.10 Å². The van der Waals surface area contributed by atoms with Crippen molar-refractivity contribution in [2.75, 3.05) is 25.1 Å². The second kappa shape index (κ2) is 6.61. The van der Waals surface area contributed by atoms with Crippen LogP contribution in [0.1, 0.15) is 30.7 Å². The molecule has 6 heteroatoms. The number of nitrogens with zero attached hydrogens (tertiary/aromatic N) is 3. The van der Waals surface area contributed by atoms with Crippen molar-refractivity contribution in [2.45, 2.75) is 26.7 Å². The average molecular weight is 268 g/mol. The van der Waals surface area contributed by atoms with E-state index in [1.165, 1.54) is 0 Å². The molecule has 18 heavy (non-hydrogen) atoms. The normalized spacial score (nSPS) is 10.4. The summed E-state index contributed by atoms with van der Waals surface area (Å²) in [6, 6.07) is 0. The molecule has 0 unspecified atom stereocenters. The van der Waals surface area contributed by atoms with Crippen LogP contribution >= 0.6 is 12.2 Å². The van der Waals surface area contributed by atoms with Gasteiger partial charge in [0.25, 0.3) is 0 Å². The fourth-order valence-corrected chi connectivity index (χ4v) is 2.16. The monoisotopic (exact) mass is 268 g/mol. The molecule has 0 radical (unpaired) electrons. The summed E-state index contributed by atoms with van der Waals surface area (Å²) in [5, 5.41) is 17.4. The molecule has 1 aromatic rings. The van der Waals surface area contributed by atoms with Crippen molar-refractivity contribution in [2.24, 2.45) is 5.73 Å². The molecule has 0 aromatic carbocycles.